The van der Waals surface area contributed by atoms with Crippen LogP contribution in [0.3, 0.4) is 0 Å². The summed E-state index contributed by atoms with van der Waals surface area (Å²) in [4.78, 5) is 8.61. The monoisotopic (exact) mass is 415 g/mol. The maximum absolute atomic E-state index is 13.8. The van der Waals surface area contributed by atoms with Gasteiger partial charge in [-0.3, -0.25) is 0 Å². The molecule has 0 aliphatic carbocycles. The quantitative estimate of drug-likeness (QED) is 0.685. The minimum absolute atomic E-state index is 0.00961. The van der Waals surface area contributed by atoms with Crippen molar-refractivity contribution in [2.45, 2.75) is 24.5 Å². The van der Waals surface area contributed by atoms with E-state index in [0.717, 1.165) is 0 Å². The molecule has 3 aromatic rings. The third kappa shape index (κ3) is 3.40. The molecule has 4 atom stereocenters. The number of ether oxygens (including phenoxy) is 4. The van der Waals surface area contributed by atoms with Gasteiger partial charge in [-0.2, -0.15) is 0 Å². The lowest BCUT2D eigenvalue weighted by molar-refractivity contribution is 0.0271. The van der Waals surface area contributed by atoms with Gasteiger partial charge in [0.15, 0.2) is 23.8 Å². The molecule has 156 valence electrons. The molecule has 0 radical (unpaired) electrons. The van der Waals surface area contributed by atoms with Gasteiger partial charge in [-0.1, -0.05) is 0 Å². The van der Waals surface area contributed by atoms with Gasteiger partial charge in [0.2, 0.25) is 0 Å². The van der Waals surface area contributed by atoms with Crippen LogP contribution in [0.4, 0.5) is 20.3 Å². The van der Waals surface area contributed by atoms with E-state index in [1.54, 1.807) is 24.3 Å². The fourth-order valence-electron chi connectivity index (χ4n) is 3.77. The highest BCUT2D eigenvalue weighted by Gasteiger charge is 2.49. The number of rotatable bonds is 5. The minimum atomic E-state index is -1.14. The number of methoxy groups -OCH3 is 1. The highest BCUT2D eigenvalue weighted by molar-refractivity contribution is 5.93. The topological polar surface area (TPSA) is 74.7 Å². The van der Waals surface area contributed by atoms with E-state index in [2.05, 4.69) is 15.3 Å². The van der Waals surface area contributed by atoms with Crippen molar-refractivity contribution in [2.24, 2.45) is 0 Å². The number of alkyl halides is 1. The Morgan fingerprint density at radius 2 is 1.83 bits per heavy atom. The number of fused-ring (bicyclic) bond motifs is 2. The van der Waals surface area contributed by atoms with Gasteiger partial charge in [-0.05, 0) is 30.3 Å². The van der Waals surface area contributed by atoms with E-state index in [9.17, 15) is 8.78 Å². The molecule has 1 aromatic heterocycles. The van der Waals surface area contributed by atoms with Crippen LogP contribution in [0.25, 0.3) is 10.9 Å². The van der Waals surface area contributed by atoms with Crippen molar-refractivity contribution in [3.63, 3.8) is 0 Å². The van der Waals surface area contributed by atoms with Crippen LogP contribution in [0.5, 0.6) is 11.5 Å². The predicted molar refractivity (Wildman–Crippen MR) is 105 cm³/mol. The van der Waals surface area contributed by atoms with Crippen LogP contribution in [0, 0.1) is 5.82 Å². The van der Waals surface area contributed by atoms with Crippen molar-refractivity contribution in [2.75, 3.05) is 25.6 Å². The number of nitrogens with one attached hydrogen (secondary N) is 1. The third-order valence-electron chi connectivity index (χ3n) is 5.25. The van der Waals surface area contributed by atoms with Crippen LogP contribution < -0.4 is 14.8 Å². The second kappa shape index (κ2) is 7.66. The smallest absolute Gasteiger partial charge is 0.164 e. The van der Waals surface area contributed by atoms with Crippen LogP contribution in [-0.2, 0) is 9.47 Å². The van der Waals surface area contributed by atoms with Crippen molar-refractivity contribution < 1.29 is 27.7 Å². The lowest BCUT2D eigenvalue weighted by Crippen LogP contribution is -2.33. The van der Waals surface area contributed by atoms with Crippen LogP contribution in [0.2, 0.25) is 0 Å². The Hall–Kier alpha value is -3.04. The maximum atomic E-state index is 13.8. The first-order chi connectivity index (χ1) is 14.6. The van der Waals surface area contributed by atoms with Crippen molar-refractivity contribution in [1.29, 1.82) is 0 Å². The van der Waals surface area contributed by atoms with Crippen molar-refractivity contribution in [3.8, 4) is 11.5 Å². The van der Waals surface area contributed by atoms with Gasteiger partial charge in [0, 0.05) is 17.1 Å². The Labute approximate surface area is 170 Å². The Balaban J connectivity index is 1.45. The molecule has 0 bridgehead atoms. The van der Waals surface area contributed by atoms with Crippen LogP contribution in [-0.4, -0.2) is 54.8 Å². The fraction of sp³-hybridized carbons (Fsp3) is 0.333. The first kappa shape index (κ1) is 19.0. The molecule has 2 aliphatic rings. The first-order valence-corrected chi connectivity index (χ1v) is 9.51. The molecule has 1 N–H and O–H groups in total. The second-order valence-corrected chi connectivity index (χ2v) is 7.14. The van der Waals surface area contributed by atoms with Crippen LogP contribution in [0.1, 0.15) is 0 Å². The first-order valence-electron chi connectivity index (χ1n) is 9.51. The molecule has 9 heteroatoms. The molecular formula is C21H19F2N3O4. The molecule has 0 spiro atoms. The zero-order valence-corrected chi connectivity index (χ0v) is 16.0. The number of nitrogens with zero attached hydrogens (tertiary/aromatic N) is 2. The molecule has 3 heterocycles. The van der Waals surface area contributed by atoms with E-state index in [1.165, 1.54) is 25.6 Å². The molecule has 2 aromatic carbocycles. The minimum Gasteiger partial charge on any atom is -0.493 e. The third-order valence-corrected chi connectivity index (χ3v) is 5.25. The number of aromatic nitrogens is 2. The van der Waals surface area contributed by atoms with E-state index >= 15 is 0 Å². The second-order valence-electron chi connectivity index (χ2n) is 7.14. The average molecular weight is 415 g/mol. The molecule has 5 rings (SSSR count). The van der Waals surface area contributed by atoms with Gasteiger partial charge in [0.1, 0.15) is 30.2 Å². The lowest BCUT2D eigenvalue weighted by Gasteiger charge is -2.20. The molecule has 7 nitrogen and oxygen atoms in total. The van der Waals surface area contributed by atoms with Gasteiger partial charge < -0.3 is 24.3 Å². The Morgan fingerprint density at radius 1 is 1.03 bits per heavy atom. The zero-order valence-electron chi connectivity index (χ0n) is 16.0. The molecule has 0 saturated carbocycles. The van der Waals surface area contributed by atoms with E-state index in [0.29, 0.717) is 33.9 Å². The summed E-state index contributed by atoms with van der Waals surface area (Å²) in [6.45, 7) is 0.244. The summed E-state index contributed by atoms with van der Waals surface area (Å²) in [6, 6.07) is 9.46. The molecule has 2 saturated heterocycles. The molecule has 1 unspecified atom stereocenters. The van der Waals surface area contributed by atoms with E-state index in [-0.39, 0.29) is 19.0 Å². The van der Waals surface area contributed by atoms with E-state index in [4.69, 9.17) is 18.9 Å². The van der Waals surface area contributed by atoms with Gasteiger partial charge in [-0.15, -0.1) is 0 Å². The van der Waals surface area contributed by atoms with E-state index < -0.39 is 24.5 Å². The summed E-state index contributed by atoms with van der Waals surface area (Å²) >= 11 is 0. The normalized spacial score (nSPS) is 25.3. The zero-order chi connectivity index (χ0) is 20.7. The molecule has 2 aliphatic heterocycles. The number of hydrogen-bond donors (Lipinski definition) is 1. The van der Waals surface area contributed by atoms with Gasteiger partial charge in [-0.25, -0.2) is 18.7 Å². The van der Waals surface area contributed by atoms with Crippen LogP contribution >= 0.6 is 0 Å². The summed E-state index contributed by atoms with van der Waals surface area (Å²) in [5, 5.41) is 3.86. The molecule has 2 fully saturated rings. The summed E-state index contributed by atoms with van der Waals surface area (Å²) < 4.78 is 49.6. The summed E-state index contributed by atoms with van der Waals surface area (Å²) in [6.07, 6.45) is -1.22. The highest BCUT2D eigenvalue weighted by atomic mass is 19.1. The van der Waals surface area contributed by atoms with E-state index in [1.807, 2.05) is 0 Å². The van der Waals surface area contributed by atoms with Crippen molar-refractivity contribution in [3.05, 3.63) is 48.5 Å². The molecule has 30 heavy (non-hydrogen) atoms. The summed E-state index contributed by atoms with van der Waals surface area (Å²) in [5.74, 6) is 1.15. The Morgan fingerprint density at radius 3 is 2.63 bits per heavy atom. The summed E-state index contributed by atoms with van der Waals surface area (Å²) in [7, 11) is 1.53. The standard InChI is InChI=1S/C21H19F2N3O4/c1-27-16-6-13-15(24-10-25-21(13)26-12-4-2-11(22)3-5-12)7-17(16)30-18-9-29-19-14(23)8-28-20(18)19/h2-7,10,14,18-20H,8-9H2,1H3,(H,24,25,26)/t14-,18?,19+,20+/m1/s1. The molecule has 0 amide bonds. The van der Waals surface area contributed by atoms with Crippen molar-refractivity contribution in [1.82, 2.24) is 9.97 Å². The Bertz CT molecular complexity index is 1070. The van der Waals surface area contributed by atoms with Gasteiger partial charge >= 0.3 is 0 Å². The fourth-order valence-corrected chi connectivity index (χ4v) is 3.77. The van der Waals surface area contributed by atoms with Gasteiger partial charge in [0.25, 0.3) is 0 Å². The maximum Gasteiger partial charge on any atom is 0.164 e. The lowest BCUT2D eigenvalue weighted by atomic mass is 10.1. The van der Waals surface area contributed by atoms with Crippen LogP contribution in [0.15, 0.2) is 42.7 Å². The number of halogens is 2. The van der Waals surface area contributed by atoms with Crippen molar-refractivity contribution >= 4 is 22.4 Å². The van der Waals surface area contributed by atoms with Gasteiger partial charge in [0.05, 0.1) is 25.8 Å². The highest BCUT2D eigenvalue weighted by Crippen LogP contribution is 2.38. The summed E-state index contributed by atoms with van der Waals surface area (Å²) in [5.41, 5.74) is 1.31. The average Bonchev–Trinajstić information content (AvgIpc) is 3.32. The predicted octanol–water partition coefficient (Wildman–Crippen LogP) is 3.40. The SMILES string of the molecule is COc1cc2c(Nc3ccc(F)cc3)ncnc2cc1OC1CO[C@H]2[C@H](F)CO[C@@H]12. The molecular weight excluding hydrogens is 396 g/mol. The largest absolute Gasteiger partial charge is 0.493 e. The number of anilines is 2. The number of benzene rings is 2. The number of hydrogen-bond acceptors (Lipinski definition) is 7. The Kier molecular flexibility index (Phi) is 4.84.